The molecule has 128 valence electrons. The SMILES string of the molecule is Nc1ccccc1CNCCC1CCN(Cc2ccccc2)CC1. The molecule has 0 aliphatic carbocycles. The van der Waals surface area contributed by atoms with Gasteiger partial charge in [0.2, 0.25) is 0 Å². The smallest absolute Gasteiger partial charge is 0.0359 e. The van der Waals surface area contributed by atoms with Gasteiger partial charge in [-0.25, -0.2) is 0 Å². The van der Waals surface area contributed by atoms with Crippen molar-refractivity contribution in [1.82, 2.24) is 10.2 Å². The van der Waals surface area contributed by atoms with Gasteiger partial charge in [-0.3, -0.25) is 4.90 Å². The number of benzene rings is 2. The highest BCUT2D eigenvalue weighted by Crippen LogP contribution is 2.21. The molecular weight excluding hydrogens is 294 g/mol. The Bertz CT molecular complexity index is 603. The molecule has 1 fully saturated rings. The number of anilines is 1. The van der Waals surface area contributed by atoms with Gasteiger partial charge in [0.15, 0.2) is 0 Å². The van der Waals surface area contributed by atoms with Gasteiger partial charge in [0.05, 0.1) is 0 Å². The molecule has 2 aromatic rings. The first-order valence-corrected chi connectivity index (χ1v) is 9.11. The van der Waals surface area contributed by atoms with Crippen molar-refractivity contribution in [3.63, 3.8) is 0 Å². The average Bonchev–Trinajstić information content (AvgIpc) is 2.62. The number of para-hydroxylation sites is 1. The fraction of sp³-hybridized carbons (Fsp3) is 0.429. The van der Waals surface area contributed by atoms with Crippen molar-refractivity contribution in [2.45, 2.75) is 32.4 Å². The quantitative estimate of drug-likeness (QED) is 0.603. The van der Waals surface area contributed by atoms with Crippen LogP contribution in [0.5, 0.6) is 0 Å². The van der Waals surface area contributed by atoms with Gasteiger partial charge in [-0.05, 0) is 62.0 Å². The van der Waals surface area contributed by atoms with Gasteiger partial charge in [-0.2, -0.15) is 0 Å². The summed E-state index contributed by atoms with van der Waals surface area (Å²) in [6.07, 6.45) is 3.91. The lowest BCUT2D eigenvalue weighted by Gasteiger charge is -2.32. The normalized spacial score (nSPS) is 16.3. The molecule has 2 aromatic carbocycles. The van der Waals surface area contributed by atoms with E-state index in [2.05, 4.69) is 52.7 Å². The van der Waals surface area contributed by atoms with Crippen molar-refractivity contribution >= 4 is 5.69 Å². The summed E-state index contributed by atoms with van der Waals surface area (Å²) in [5.41, 5.74) is 9.50. The molecule has 1 aliphatic rings. The van der Waals surface area contributed by atoms with E-state index in [9.17, 15) is 0 Å². The molecule has 0 amide bonds. The average molecular weight is 323 g/mol. The number of nitrogens with zero attached hydrogens (tertiary/aromatic N) is 1. The number of nitrogens with one attached hydrogen (secondary N) is 1. The molecular formula is C21H29N3. The first-order chi connectivity index (χ1) is 11.8. The lowest BCUT2D eigenvalue weighted by Crippen LogP contribution is -2.34. The van der Waals surface area contributed by atoms with E-state index < -0.39 is 0 Å². The molecule has 3 nitrogen and oxygen atoms in total. The monoisotopic (exact) mass is 323 g/mol. The Kier molecular flexibility index (Phi) is 6.27. The summed E-state index contributed by atoms with van der Waals surface area (Å²) in [5, 5.41) is 3.55. The summed E-state index contributed by atoms with van der Waals surface area (Å²) >= 11 is 0. The van der Waals surface area contributed by atoms with Crippen molar-refractivity contribution in [1.29, 1.82) is 0 Å². The van der Waals surface area contributed by atoms with E-state index in [0.717, 1.165) is 31.2 Å². The molecule has 3 heteroatoms. The first kappa shape index (κ1) is 17.0. The largest absolute Gasteiger partial charge is 0.398 e. The van der Waals surface area contributed by atoms with Crippen molar-refractivity contribution in [3.05, 3.63) is 65.7 Å². The first-order valence-electron chi connectivity index (χ1n) is 9.11. The number of nitrogens with two attached hydrogens (primary N) is 1. The van der Waals surface area contributed by atoms with Crippen molar-refractivity contribution in [2.75, 3.05) is 25.4 Å². The molecule has 0 saturated carbocycles. The summed E-state index contributed by atoms with van der Waals surface area (Å²) < 4.78 is 0. The minimum absolute atomic E-state index is 0.859. The molecule has 0 atom stereocenters. The van der Waals surface area contributed by atoms with E-state index in [-0.39, 0.29) is 0 Å². The molecule has 0 aromatic heterocycles. The summed E-state index contributed by atoms with van der Waals surface area (Å²) in [6.45, 7) is 5.51. The Morgan fingerprint density at radius 2 is 1.67 bits per heavy atom. The Balaban J connectivity index is 1.32. The van der Waals surface area contributed by atoms with E-state index >= 15 is 0 Å². The second-order valence-corrected chi connectivity index (χ2v) is 6.87. The molecule has 1 saturated heterocycles. The maximum atomic E-state index is 5.98. The van der Waals surface area contributed by atoms with Crippen LogP contribution in [0.4, 0.5) is 5.69 Å². The minimum Gasteiger partial charge on any atom is -0.398 e. The lowest BCUT2D eigenvalue weighted by atomic mass is 9.93. The van der Waals surface area contributed by atoms with E-state index in [1.165, 1.54) is 43.5 Å². The Hall–Kier alpha value is -1.84. The van der Waals surface area contributed by atoms with Gasteiger partial charge >= 0.3 is 0 Å². The van der Waals surface area contributed by atoms with Crippen LogP contribution in [-0.2, 0) is 13.1 Å². The molecule has 3 N–H and O–H groups in total. The zero-order chi connectivity index (χ0) is 16.6. The second-order valence-electron chi connectivity index (χ2n) is 6.87. The number of rotatable bonds is 7. The number of likely N-dealkylation sites (tertiary alicyclic amines) is 1. The fourth-order valence-corrected chi connectivity index (χ4v) is 3.50. The maximum absolute atomic E-state index is 5.98. The molecule has 0 bridgehead atoms. The van der Waals surface area contributed by atoms with Crippen LogP contribution in [0.15, 0.2) is 54.6 Å². The van der Waals surface area contributed by atoms with Crippen molar-refractivity contribution < 1.29 is 0 Å². The van der Waals surface area contributed by atoms with Crippen molar-refractivity contribution in [3.8, 4) is 0 Å². The Morgan fingerprint density at radius 1 is 0.958 bits per heavy atom. The summed E-state index contributed by atoms with van der Waals surface area (Å²) in [6, 6.07) is 18.9. The molecule has 1 aliphatic heterocycles. The highest BCUT2D eigenvalue weighted by molar-refractivity contribution is 5.46. The van der Waals surface area contributed by atoms with Gasteiger partial charge in [0.25, 0.3) is 0 Å². The molecule has 0 radical (unpaired) electrons. The third-order valence-corrected chi connectivity index (χ3v) is 5.06. The zero-order valence-corrected chi connectivity index (χ0v) is 14.5. The van der Waals surface area contributed by atoms with Gasteiger partial charge in [-0.1, -0.05) is 48.5 Å². The Labute approximate surface area is 145 Å². The van der Waals surface area contributed by atoms with E-state index in [1.807, 2.05) is 12.1 Å². The van der Waals surface area contributed by atoms with E-state index in [0.29, 0.717) is 0 Å². The second kappa shape index (κ2) is 8.86. The highest BCUT2D eigenvalue weighted by atomic mass is 15.1. The predicted octanol–water partition coefficient (Wildman–Crippen LogP) is 3.66. The van der Waals surface area contributed by atoms with Crippen LogP contribution in [0, 0.1) is 5.92 Å². The van der Waals surface area contributed by atoms with Gasteiger partial charge in [-0.15, -0.1) is 0 Å². The molecule has 0 unspecified atom stereocenters. The number of piperidine rings is 1. The number of hydrogen-bond acceptors (Lipinski definition) is 3. The lowest BCUT2D eigenvalue weighted by molar-refractivity contribution is 0.172. The molecule has 3 rings (SSSR count). The van der Waals surface area contributed by atoms with Gasteiger partial charge in [0, 0.05) is 18.8 Å². The van der Waals surface area contributed by atoms with Crippen LogP contribution < -0.4 is 11.1 Å². The molecule has 24 heavy (non-hydrogen) atoms. The van der Waals surface area contributed by atoms with Crippen LogP contribution >= 0.6 is 0 Å². The zero-order valence-electron chi connectivity index (χ0n) is 14.5. The third kappa shape index (κ3) is 5.08. The standard InChI is InChI=1S/C21H29N3/c22-21-9-5-4-8-20(21)16-23-13-10-18-11-14-24(15-12-18)17-19-6-2-1-3-7-19/h1-9,18,23H,10-17,22H2. The minimum atomic E-state index is 0.859. The van der Waals surface area contributed by atoms with E-state index in [4.69, 9.17) is 5.73 Å². The van der Waals surface area contributed by atoms with Gasteiger partial charge < -0.3 is 11.1 Å². The summed E-state index contributed by atoms with van der Waals surface area (Å²) in [4.78, 5) is 2.59. The molecule has 1 heterocycles. The van der Waals surface area contributed by atoms with Crippen molar-refractivity contribution in [2.24, 2.45) is 5.92 Å². The predicted molar refractivity (Wildman–Crippen MR) is 102 cm³/mol. The maximum Gasteiger partial charge on any atom is 0.0359 e. The summed E-state index contributed by atoms with van der Waals surface area (Å²) in [5.74, 6) is 0.859. The van der Waals surface area contributed by atoms with Crippen LogP contribution in [0.3, 0.4) is 0 Å². The Morgan fingerprint density at radius 3 is 2.42 bits per heavy atom. The van der Waals surface area contributed by atoms with Crippen LogP contribution in [0.25, 0.3) is 0 Å². The summed E-state index contributed by atoms with van der Waals surface area (Å²) in [7, 11) is 0. The number of nitrogen functional groups attached to an aromatic ring is 1. The van der Waals surface area contributed by atoms with Crippen LogP contribution in [-0.4, -0.2) is 24.5 Å². The molecule has 0 spiro atoms. The topological polar surface area (TPSA) is 41.3 Å². The number of hydrogen-bond donors (Lipinski definition) is 2. The van der Waals surface area contributed by atoms with Crippen LogP contribution in [0.1, 0.15) is 30.4 Å². The van der Waals surface area contributed by atoms with Crippen LogP contribution in [0.2, 0.25) is 0 Å². The third-order valence-electron chi connectivity index (χ3n) is 5.06. The highest BCUT2D eigenvalue weighted by Gasteiger charge is 2.18. The van der Waals surface area contributed by atoms with E-state index in [1.54, 1.807) is 0 Å². The fourth-order valence-electron chi connectivity index (χ4n) is 3.50. The van der Waals surface area contributed by atoms with Gasteiger partial charge in [0.1, 0.15) is 0 Å².